The van der Waals surface area contributed by atoms with Gasteiger partial charge in [0, 0.05) is 28.9 Å². The molecule has 154 valence electrons. The number of benzene rings is 2. The zero-order valence-corrected chi connectivity index (χ0v) is 17.4. The van der Waals surface area contributed by atoms with Gasteiger partial charge in [0.1, 0.15) is 5.69 Å². The molecule has 0 saturated heterocycles. The van der Waals surface area contributed by atoms with Crippen LogP contribution in [0.3, 0.4) is 0 Å². The molecule has 8 heteroatoms. The van der Waals surface area contributed by atoms with Gasteiger partial charge in [0.25, 0.3) is 11.5 Å². The summed E-state index contributed by atoms with van der Waals surface area (Å²) >= 11 is 6.06. The van der Waals surface area contributed by atoms with E-state index in [1.807, 2.05) is 25.1 Å². The summed E-state index contributed by atoms with van der Waals surface area (Å²) in [5, 5.41) is 10.2. The summed E-state index contributed by atoms with van der Waals surface area (Å²) in [6, 6.07) is 15.2. The van der Waals surface area contributed by atoms with E-state index in [4.69, 9.17) is 11.6 Å². The highest BCUT2D eigenvalue weighted by atomic mass is 35.5. The molecule has 2 aromatic carbocycles. The summed E-state index contributed by atoms with van der Waals surface area (Å²) in [4.78, 5) is 36.8. The number of nitrogens with one attached hydrogen (secondary N) is 2. The number of anilines is 2. The van der Waals surface area contributed by atoms with Crippen molar-refractivity contribution in [2.24, 2.45) is 0 Å². The minimum atomic E-state index is -0.437. The maximum absolute atomic E-state index is 12.5. The summed E-state index contributed by atoms with van der Waals surface area (Å²) in [6.07, 6.45) is 0.0157. The van der Waals surface area contributed by atoms with Crippen molar-refractivity contribution in [3.63, 3.8) is 0 Å². The number of nitrogens with zero attached hydrogens (tertiary/aromatic N) is 2. The number of amides is 2. The Kier molecular flexibility index (Phi) is 6.64. The maximum atomic E-state index is 12.5. The summed E-state index contributed by atoms with van der Waals surface area (Å²) in [5.74, 6) is -0.725. The molecule has 3 aromatic rings. The van der Waals surface area contributed by atoms with Crippen LogP contribution in [0.2, 0.25) is 5.02 Å². The predicted molar refractivity (Wildman–Crippen MR) is 117 cm³/mol. The van der Waals surface area contributed by atoms with E-state index >= 15 is 0 Å². The van der Waals surface area contributed by atoms with Gasteiger partial charge in [-0.1, -0.05) is 29.8 Å². The van der Waals surface area contributed by atoms with Crippen molar-refractivity contribution < 1.29 is 9.59 Å². The molecule has 0 fully saturated rings. The number of halogens is 1. The molecule has 0 bridgehead atoms. The summed E-state index contributed by atoms with van der Waals surface area (Å²) in [6.45, 7) is 3.76. The molecule has 0 aliphatic carbocycles. The fraction of sp³-hybridized carbons (Fsp3) is 0.182. The van der Waals surface area contributed by atoms with Crippen LogP contribution in [0.15, 0.2) is 59.4 Å². The van der Waals surface area contributed by atoms with Gasteiger partial charge >= 0.3 is 0 Å². The number of hydrogen-bond acceptors (Lipinski definition) is 4. The fourth-order valence-corrected chi connectivity index (χ4v) is 2.99. The third-order valence-electron chi connectivity index (χ3n) is 4.47. The Bertz CT molecular complexity index is 1160. The van der Waals surface area contributed by atoms with Crippen molar-refractivity contribution in [1.29, 1.82) is 0 Å². The molecule has 3 rings (SSSR count). The lowest BCUT2D eigenvalue weighted by molar-refractivity contribution is -0.116. The quantitative estimate of drug-likeness (QED) is 0.629. The van der Waals surface area contributed by atoms with E-state index in [0.717, 1.165) is 15.8 Å². The predicted octanol–water partition coefficient (Wildman–Crippen LogP) is 3.79. The number of carbonyl (C=O) groups is 2. The number of rotatable bonds is 6. The van der Waals surface area contributed by atoms with Crippen LogP contribution in [0, 0.1) is 13.8 Å². The number of carbonyl (C=O) groups excluding carboxylic acids is 2. The minimum Gasteiger partial charge on any atom is -0.326 e. The zero-order valence-electron chi connectivity index (χ0n) is 16.6. The number of hydrogen-bond donors (Lipinski definition) is 2. The van der Waals surface area contributed by atoms with Gasteiger partial charge in [0.15, 0.2) is 0 Å². The molecular formula is C22H21ClN4O3. The number of aromatic nitrogens is 2. The Morgan fingerprint density at radius 2 is 1.80 bits per heavy atom. The van der Waals surface area contributed by atoms with Crippen molar-refractivity contribution in [1.82, 2.24) is 9.78 Å². The lowest BCUT2D eigenvalue weighted by atomic mass is 10.2. The highest BCUT2D eigenvalue weighted by Gasteiger charge is 2.12. The first kappa shape index (κ1) is 21.3. The molecule has 0 atom stereocenters. The van der Waals surface area contributed by atoms with Crippen molar-refractivity contribution in [2.45, 2.75) is 26.8 Å². The van der Waals surface area contributed by atoms with Gasteiger partial charge < -0.3 is 10.6 Å². The number of aryl methyl sites for hydroxylation is 2. The van der Waals surface area contributed by atoms with Crippen LogP contribution in [-0.4, -0.2) is 21.6 Å². The second kappa shape index (κ2) is 9.37. The normalized spacial score (nSPS) is 10.5. The summed E-state index contributed by atoms with van der Waals surface area (Å²) in [5.41, 5.74) is 2.70. The molecule has 0 aliphatic rings. The van der Waals surface area contributed by atoms with Crippen LogP contribution in [0.25, 0.3) is 0 Å². The molecule has 2 N–H and O–H groups in total. The van der Waals surface area contributed by atoms with Crippen LogP contribution in [0.4, 0.5) is 11.4 Å². The van der Waals surface area contributed by atoms with Crippen LogP contribution < -0.4 is 16.2 Å². The van der Waals surface area contributed by atoms with Gasteiger partial charge in [-0.25, -0.2) is 4.68 Å². The molecule has 0 spiro atoms. The van der Waals surface area contributed by atoms with Gasteiger partial charge in [-0.05, 0) is 55.3 Å². The first-order valence-corrected chi connectivity index (χ1v) is 9.72. The van der Waals surface area contributed by atoms with Crippen LogP contribution in [0.5, 0.6) is 0 Å². The van der Waals surface area contributed by atoms with Crippen molar-refractivity contribution >= 4 is 34.8 Å². The summed E-state index contributed by atoms with van der Waals surface area (Å²) < 4.78 is 1.11. The average Bonchev–Trinajstić information content (AvgIpc) is 2.71. The van der Waals surface area contributed by atoms with E-state index < -0.39 is 11.5 Å². The Balaban J connectivity index is 1.66. The largest absolute Gasteiger partial charge is 0.326 e. The van der Waals surface area contributed by atoms with Crippen LogP contribution in [0.1, 0.15) is 28.0 Å². The topological polar surface area (TPSA) is 93.1 Å². The van der Waals surface area contributed by atoms with Gasteiger partial charge in [-0.15, -0.1) is 0 Å². The SMILES string of the molecule is Cc1cccc(NC(=O)c2ccc(=O)n(CCC(=O)Nc3cccc(Cl)c3C)n2)c1. The second-order valence-electron chi connectivity index (χ2n) is 6.81. The Morgan fingerprint density at radius 3 is 2.57 bits per heavy atom. The fourth-order valence-electron chi connectivity index (χ4n) is 2.81. The van der Waals surface area contributed by atoms with E-state index in [0.29, 0.717) is 16.4 Å². The molecule has 0 aliphatic heterocycles. The molecule has 7 nitrogen and oxygen atoms in total. The van der Waals surface area contributed by atoms with Gasteiger partial charge in [-0.3, -0.25) is 14.4 Å². The first-order valence-electron chi connectivity index (χ1n) is 9.34. The first-order chi connectivity index (χ1) is 14.3. The van der Waals surface area contributed by atoms with E-state index in [2.05, 4.69) is 15.7 Å². The molecule has 0 unspecified atom stereocenters. The molecule has 0 saturated carbocycles. The Labute approximate surface area is 178 Å². The lowest BCUT2D eigenvalue weighted by Gasteiger charge is -2.10. The highest BCUT2D eigenvalue weighted by Crippen LogP contribution is 2.23. The van der Waals surface area contributed by atoms with Gasteiger partial charge in [0.2, 0.25) is 5.91 Å². The van der Waals surface area contributed by atoms with E-state index in [9.17, 15) is 14.4 Å². The van der Waals surface area contributed by atoms with Crippen LogP contribution in [-0.2, 0) is 11.3 Å². The molecule has 1 aromatic heterocycles. The Hall–Kier alpha value is -3.45. The smallest absolute Gasteiger partial charge is 0.276 e. The molecule has 1 heterocycles. The van der Waals surface area contributed by atoms with Crippen molar-refractivity contribution in [2.75, 3.05) is 10.6 Å². The average molecular weight is 425 g/mol. The molecule has 2 amide bonds. The maximum Gasteiger partial charge on any atom is 0.276 e. The third-order valence-corrected chi connectivity index (χ3v) is 4.88. The standard InChI is InChI=1S/C22H21ClN4O3/c1-14-5-3-6-16(13-14)24-22(30)19-9-10-21(29)27(26-19)12-11-20(28)25-18-8-4-7-17(23)15(18)2/h3-10,13H,11-12H2,1-2H3,(H,24,30)(H,25,28). The lowest BCUT2D eigenvalue weighted by Crippen LogP contribution is -2.28. The monoisotopic (exact) mass is 424 g/mol. The van der Waals surface area contributed by atoms with Crippen LogP contribution >= 0.6 is 11.6 Å². The molecular weight excluding hydrogens is 404 g/mol. The third kappa shape index (κ3) is 5.33. The van der Waals surface area contributed by atoms with E-state index in [1.54, 1.807) is 31.2 Å². The zero-order chi connectivity index (χ0) is 21.7. The van der Waals surface area contributed by atoms with Crippen molar-refractivity contribution in [3.05, 3.63) is 86.8 Å². The highest BCUT2D eigenvalue weighted by molar-refractivity contribution is 6.31. The molecule has 0 radical (unpaired) electrons. The van der Waals surface area contributed by atoms with E-state index in [1.165, 1.54) is 12.1 Å². The van der Waals surface area contributed by atoms with Crippen molar-refractivity contribution in [3.8, 4) is 0 Å². The summed E-state index contributed by atoms with van der Waals surface area (Å²) in [7, 11) is 0. The van der Waals surface area contributed by atoms with E-state index in [-0.39, 0.29) is 24.6 Å². The second-order valence-corrected chi connectivity index (χ2v) is 7.22. The Morgan fingerprint density at radius 1 is 1.03 bits per heavy atom. The van der Waals surface area contributed by atoms with Gasteiger partial charge in [0.05, 0.1) is 6.54 Å². The minimum absolute atomic E-state index is 0.0157. The van der Waals surface area contributed by atoms with Gasteiger partial charge in [-0.2, -0.15) is 5.10 Å². The molecule has 30 heavy (non-hydrogen) atoms.